The number of nitrogens with zero attached hydrogens (tertiary/aromatic N) is 1. The minimum absolute atomic E-state index is 0.257. The number of benzene rings is 2. The fraction of sp³-hybridized carbons (Fsp3) is 0.364. The Morgan fingerprint density at radius 3 is 2.54 bits per heavy atom. The summed E-state index contributed by atoms with van der Waals surface area (Å²) in [4.78, 5) is 0. The van der Waals surface area contributed by atoms with Gasteiger partial charge in [-0.15, -0.1) is 0 Å². The lowest BCUT2D eigenvalue weighted by Gasteiger charge is -2.29. The number of halogens is 1. The van der Waals surface area contributed by atoms with Crippen LogP contribution in [0.1, 0.15) is 43.2 Å². The molecule has 1 aliphatic rings. The van der Waals surface area contributed by atoms with Crippen molar-refractivity contribution in [2.75, 3.05) is 17.1 Å². The Morgan fingerprint density at radius 1 is 1.14 bits per heavy atom. The predicted molar refractivity (Wildman–Crippen MR) is 111 cm³/mol. The van der Waals surface area contributed by atoms with Gasteiger partial charge in [-0.3, -0.25) is 4.31 Å². The van der Waals surface area contributed by atoms with Gasteiger partial charge in [0.25, 0.3) is 0 Å². The third-order valence-corrected chi connectivity index (χ3v) is 6.82. The molecule has 1 aliphatic heterocycles. The molecule has 4 nitrogen and oxygen atoms in total. The first kappa shape index (κ1) is 19.0. The topological polar surface area (TPSA) is 50.5 Å². The van der Waals surface area contributed by atoms with Gasteiger partial charge in [0.1, 0.15) is 17.2 Å². The highest BCUT2D eigenvalue weighted by Gasteiger charge is 2.27. The monoisotopic (exact) mass is 401 g/mol. The Bertz CT molecular complexity index is 1130. The van der Waals surface area contributed by atoms with E-state index < -0.39 is 10.0 Å². The van der Waals surface area contributed by atoms with Crippen molar-refractivity contribution in [1.29, 1.82) is 0 Å². The van der Waals surface area contributed by atoms with Crippen molar-refractivity contribution in [3.05, 3.63) is 53.3 Å². The van der Waals surface area contributed by atoms with Gasteiger partial charge in [-0.2, -0.15) is 0 Å². The van der Waals surface area contributed by atoms with Crippen molar-refractivity contribution in [3.8, 4) is 11.3 Å². The largest absolute Gasteiger partial charge is 0.456 e. The Balaban J connectivity index is 1.95. The molecule has 28 heavy (non-hydrogen) atoms. The van der Waals surface area contributed by atoms with Crippen LogP contribution in [0, 0.1) is 12.7 Å². The summed E-state index contributed by atoms with van der Waals surface area (Å²) < 4.78 is 45.8. The van der Waals surface area contributed by atoms with Gasteiger partial charge in [0, 0.05) is 29.1 Å². The molecule has 148 valence electrons. The highest BCUT2D eigenvalue weighted by Crippen LogP contribution is 2.41. The minimum atomic E-state index is -3.38. The number of fused-ring (bicyclic) bond motifs is 2. The molecule has 2 aromatic carbocycles. The van der Waals surface area contributed by atoms with Crippen LogP contribution in [0.4, 0.5) is 10.1 Å². The highest BCUT2D eigenvalue weighted by atomic mass is 32.2. The molecule has 4 rings (SSSR count). The van der Waals surface area contributed by atoms with E-state index in [1.807, 2.05) is 13.0 Å². The first-order valence-electron chi connectivity index (χ1n) is 9.56. The number of anilines is 1. The fourth-order valence-corrected chi connectivity index (χ4v) is 5.06. The van der Waals surface area contributed by atoms with Crippen molar-refractivity contribution in [3.63, 3.8) is 0 Å². The van der Waals surface area contributed by atoms with Crippen molar-refractivity contribution < 1.29 is 17.2 Å². The van der Waals surface area contributed by atoms with Crippen LogP contribution >= 0.6 is 0 Å². The molecule has 0 amide bonds. The molecule has 6 heteroatoms. The summed E-state index contributed by atoms with van der Waals surface area (Å²) in [7, 11) is -3.38. The van der Waals surface area contributed by atoms with Gasteiger partial charge < -0.3 is 4.42 Å². The number of hydrogen-bond acceptors (Lipinski definition) is 3. The normalized spacial score (nSPS) is 18.0. The van der Waals surface area contributed by atoms with Crippen molar-refractivity contribution >= 4 is 26.7 Å². The molecule has 0 bridgehead atoms. The molecule has 3 aromatic rings. The van der Waals surface area contributed by atoms with Crippen LogP contribution in [0.15, 0.2) is 40.8 Å². The first-order chi connectivity index (χ1) is 13.3. The van der Waals surface area contributed by atoms with Crippen LogP contribution < -0.4 is 4.31 Å². The molecule has 1 atom stereocenters. The van der Waals surface area contributed by atoms with E-state index in [2.05, 4.69) is 13.0 Å². The highest BCUT2D eigenvalue weighted by molar-refractivity contribution is 7.92. The quantitative estimate of drug-likeness (QED) is 0.561. The van der Waals surface area contributed by atoms with Gasteiger partial charge in [-0.25, -0.2) is 12.8 Å². The van der Waals surface area contributed by atoms with Crippen LogP contribution in [0.5, 0.6) is 0 Å². The maximum Gasteiger partial charge on any atom is 0.232 e. The summed E-state index contributed by atoms with van der Waals surface area (Å²) in [6.07, 6.45) is 4.12. The zero-order valence-electron chi connectivity index (χ0n) is 16.3. The van der Waals surface area contributed by atoms with Crippen LogP contribution in [0.3, 0.4) is 0 Å². The zero-order chi connectivity index (χ0) is 20.1. The van der Waals surface area contributed by atoms with E-state index in [1.165, 1.54) is 22.7 Å². The summed E-state index contributed by atoms with van der Waals surface area (Å²) in [5, 5.41) is 0.971. The van der Waals surface area contributed by atoms with Gasteiger partial charge in [0.2, 0.25) is 10.0 Å². The van der Waals surface area contributed by atoms with Crippen LogP contribution in [-0.2, 0) is 10.0 Å². The zero-order valence-corrected chi connectivity index (χ0v) is 17.1. The average molecular weight is 402 g/mol. The van der Waals surface area contributed by atoms with Gasteiger partial charge in [0.05, 0.1) is 11.9 Å². The van der Waals surface area contributed by atoms with E-state index in [-0.39, 0.29) is 11.7 Å². The number of sulfonamides is 1. The summed E-state index contributed by atoms with van der Waals surface area (Å²) >= 11 is 0. The Morgan fingerprint density at radius 2 is 1.86 bits per heavy atom. The summed E-state index contributed by atoms with van der Waals surface area (Å²) in [6.45, 7) is 4.61. The van der Waals surface area contributed by atoms with Crippen molar-refractivity contribution in [2.45, 2.75) is 39.0 Å². The lowest BCUT2D eigenvalue weighted by molar-refractivity contribution is 0.572. The first-order valence-corrected chi connectivity index (χ1v) is 11.4. The average Bonchev–Trinajstić information content (AvgIpc) is 2.94. The Kier molecular flexibility index (Phi) is 4.70. The van der Waals surface area contributed by atoms with Crippen molar-refractivity contribution in [2.24, 2.45) is 0 Å². The lowest BCUT2D eigenvalue weighted by Crippen LogP contribution is -2.32. The second-order valence-electron chi connectivity index (χ2n) is 7.70. The molecular weight excluding hydrogens is 377 g/mol. The van der Waals surface area contributed by atoms with E-state index in [9.17, 15) is 12.8 Å². The smallest absolute Gasteiger partial charge is 0.232 e. The maximum absolute atomic E-state index is 13.3. The third-order valence-electron chi connectivity index (χ3n) is 5.64. The summed E-state index contributed by atoms with van der Waals surface area (Å²) in [6, 6.07) is 10.1. The van der Waals surface area contributed by atoms with Crippen molar-refractivity contribution in [1.82, 2.24) is 0 Å². The maximum atomic E-state index is 13.3. The fourth-order valence-electron chi connectivity index (χ4n) is 4.09. The number of furan rings is 1. The van der Waals surface area contributed by atoms with E-state index in [0.29, 0.717) is 23.6 Å². The second kappa shape index (κ2) is 6.92. The molecule has 0 fully saturated rings. The molecule has 2 heterocycles. The molecular formula is C22H24FNO3S. The van der Waals surface area contributed by atoms with E-state index in [4.69, 9.17) is 4.42 Å². The molecule has 1 aromatic heterocycles. The van der Waals surface area contributed by atoms with Crippen LogP contribution in [0.25, 0.3) is 22.3 Å². The molecule has 1 unspecified atom stereocenters. The van der Waals surface area contributed by atoms with Gasteiger partial charge in [0.15, 0.2) is 0 Å². The second-order valence-corrected chi connectivity index (χ2v) is 9.61. The number of hydrogen-bond donors (Lipinski definition) is 0. The molecule has 0 N–H and O–H groups in total. The van der Waals surface area contributed by atoms with E-state index in [0.717, 1.165) is 41.3 Å². The van der Waals surface area contributed by atoms with E-state index in [1.54, 1.807) is 12.1 Å². The molecule has 0 saturated carbocycles. The lowest BCUT2D eigenvalue weighted by atomic mass is 9.91. The Hall–Kier alpha value is -2.34. The van der Waals surface area contributed by atoms with Gasteiger partial charge in [-0.05, 0) is 61.6 Å². The van der Waals surface area contributed by atoms with Crippen LogP contribution in [-0.4, -0.2) is 21.2 Å². The predicted octanol–water partition coefficient (Wildman–Crippen LogP) is 5.60. The van der Waals surface area contributed by atoms with Gasteiger partial charge in [-0.1, -0.05) is 13.3 Å². The minimum Gasteiger partial charge on any atom is -0.456 e. The molecule has 0 spiro atoms. The standard InChI is InChI=1S/C22H24FNO3S/c1-14-6-4-5-11-24(28(3,25)26)20-13-21-19(12-18(14)20)15(2)22(27-21)16-7-9-17(23)10-8-16/h7-10,12-14H,4-6,11H2,1-3H3. The SMILES string of the molecule is Cc1c(-c2ccc(F)cc2)oc2cc3c(cc12)C(C)CCCCN3S(C)(=O)=O. The third kappa shape index (κ3) is 3.30. The molecule has 0 aliphatic carbocycles. The van der Waals surface area contributed by atoms with E-state index >= 15 is 0 Å². The van der Waals surface area contributed by atoms with Crippen LogP contribution in [0.2, 0.25) is 0 Å². The number of rotatable bonds is 2. The van der Waals surface area contributed by atoms with Gasteiger partial charge >= 0.3 is 0 Å². The summed E-state index contributed by atoms with van der Waals surface area (Å²) in [5.74, 6) is 0.650. The molecule has 0 radical (unpaired) electrons. The molecule has 0 saturated heterocycles. The summed E-state index contributed by atoms with van der Waals surface area (Å²) in [5.41, 5.74) is 4.17. The number of aryl methyl sites for hydroxylation is 1. The Labute approximate surface area is 165 Å².